The van der Waals surface area contributed by atoms with E-state index in [1.54, 1.807) is 0 Å². The van der Waals surface area contributed by atoms with Gasteiger partial charge in [0.05, 0.1) is 30.4 Å². The van der Waals surface area contributed by atoms with Crippen molar-refractivity contribution in [1.29, 1.82) is 0 Å². The summed E-state index contributed by atoms with van der Waals surface area (Å²) >= 11 is 0. The molecular weight excluding hydrogens is 470 g/mol. The van der Waals surface area contributed by atoms with Crippen molar-refractivity contribution < 1.29 is 4.42 Å². The number of hydrogen-bond donors (Lipinski definition) is 0. The van der Waals surface area contributed by atoms with Gasteiger partial charge in [0.1, 0.15) is 22.5 Å². The summed E-state index contributed by atoms with van der Waals surface area (Å²) in [6.45, 7) is 9.14. The highest BCUT2D eigenvalue weighted by molar-refractivity contribution is 6.88. The molecule has 0 unspecified atom stereocenters. The Balaban J connectivity index is 1.61. The Kier molecular flexibility index (Phi) is 4.69. The summed E-state index contributed by atoms with van der Waals surface area (Å²) < 4.78 is 8.90. The third-order valence-electron chi connectivity index (χ3n) is 7.29. The fourth-order valence-electron chi connectivity index (χ4n) is 5.38. The van der Waals surface area contributed by atoms with Gasteiger partial charge in [0.2, 0.25) is 0 Å². The quantitative estimate of drug-likeness (QED) is 0.232. The lowest BCUT2D eigenvalue weighted by atomic mass is 10.1. The molecule has 0 N–H and O–H groups in total. The van der Waals surface area contributed by atoms with Gasteiger partial charge in [-0.2, -0.15) is 0 Å². The minimum Gasteiger partial charge on any atom is -0.455 e. The van der Waals surface area contributed by atoms with Crippen LogP contribution in [0.2, 0.25) is 19.6 Å². The summed E-state index contributed by atoms with van der Waals surface area (Å²) in [5.41, 5.74) is 7.71. The molecule has 7 rings (SSSR count). The van der Waals surface area contributed by atoms with Gasteiger partial charge in [0, 0.05) is 21.8 Å². The largest absolute Gasteiger partial charge is 0.455 e. The summed E-state index contributed by atoms with van der Waals surface area (Å²) in [5, 5.41) is 4.73. The van der Waals surface area contributed by atoms with Gasteiger partial charge in [0.25, 0.3) is 0 Å². The molecule has 7 aromatic rings. The second-order valence-electron chi connectivity index (χ2n) is 10.8. The maximum absolute atomic E-state index is 6.63. The van der Waals surface area contributed by atoms with Crippen molar-refractivity contribution in [3.8, 4) is 17.1 Å². The number of furan rings is 1. The number of nitrogens with zero attached hydrogens (tertiary/aromatic N) is 3. The molecule has 0 aliphatic carbocycles. The average molecular weight is 498 g/mol. The predicted molar refractivity (Wildman–Crippen MR) is 157 cm³/mol. The van der Waals surface area contributed by atoms with Crippen LogP contribution in [0.15, 0.2) is 95.4 Å². The van der Waals surface area contributed by atoms with Crippen molar-refractivity contribution in [3.63, 3.8) is 0 Å². The summed E-state index contributed by atoms with van der Waals surface area (Å²) in [4.78, 5) is 10.1. The zero-order valence-corrected chi connectivity index (χ0v) is 22.4. The number of para-hydroxylation sites is 3. The number of rotatable bonds is 3. The molecule has 180 valence electrons. The van der Waals surface area contributed by atoms with Crippen LogP contribution in [0.1, 0.15) is 5.69 Å². The van der Waals surface area contributed by atoms with E-state index in [1.165, 1.54) is 5.19 Å². The lowest BCUT2D eigenvalue weighted by Crippen LogP contribution is -2.37. The highest BCUT2D eigenvalue weighted by Crippen LogP contribution is 2.39. The number of fused-ring (bicyclic) bond motifs is 6. The standard InChI is InChI=1S/C32H27N3OSi/c1-20-29-30(25-13-8-9-16-27(25)33-20)35(21-11-6-5-7-12-21)32(34-29)26-15-10-14-24-23-18-17-22(37(2,3)4)19-28(23)36-31(24)26/h5-19H,1-4H3. The van der Waals surface area contributed by atoms with E-state index in [4.69, 9.17) is 14.4 Å². The van der Waals surface area contributed by atoms with Crippen LogP contribution in [-0.4, -0.2) is 22.6 Å². The smallest absolute Gasteiger partial charge is 0.149 e. The van der Waals surface area contributed by atoms with Gasteiger partial charge in [-0.3, -0.25) is 9.55 Å². The molecule has 0 amide bonds. The van der Waals surface area contributed by atoms with Crippen LogP contribution >= 0.6 is 0 Å². The van der Waals surface area contributed by atoms with Gasteiger partial charge in [0.15, 0.2) is 0 Å². The maximum Gasteiger partial charge on any atom is 0.149 e. The van der Waals surface area contributed by atoms with Crippen molar-refractivity contribution >= 4 is 57.1 Å². The predicted octanol–water partition coefficient (Wildman–Crippen LogP) is 7.99. The molecule has 37 heavy (non-hydrogen) atoms. The average Bonchev–Trinajstić information content (AvgIpc) is 3.48. The lowest BCUT2D eigenvalue weighted by Gasteiger charge is -2.15. The van der Waals surface area contributed by atoms with E-state index in [9.17, 15) is 0 Å². The monoisotopic (exact) mass is 497 g/mol. The molecule has 0 saturated heterocycles. The van der Waals surface area contributed by atoms with Gasteiger partial charge in [-0.05, 0) is 37.3 Å². The summed E-state index contributed by atoms with van der Waals surface area (Å²) in [7, 11) is -1.47. The minimum atomic E-state index is -1.47. The summed E-state index contributed by atoms with van der Waals surface area (Å²) in [5.74, 6) is 0.859. The number of aryl methyl sites for hydroxylation is 1. The Morgan fingerprint density at radius 3 is 2.30 bits per heavy atom. The molecule has 0 radical (unpaired) electrons. The van der Waals surface area contributed by atoms with Crippen LogP contribution < -0.4 is 5.19 Å². The molecule has 3 heterocycles. The van der Waals surface area contributed by atoms with Crippen LogP contribution in [0, 0.1) is 6.92 Å². The van der Waals surface area contributed by atoms with E-state index in [2.05, 4.69) is 103 Å². The van der Waals surface area contributed by atoms with E-state index in [-0.39, 0.29) is 0 Å². The van der Waals surface area contributed by atoms with Crippen molar-refractivity contribution in [3.05, 3.63) is 96.7 Å². The molecular formula is C32H27N3OSi. The molecule has 4 aromatic carbocycles. The fraction of sp³-hybridized carbons (Fsp3) is 0.125. The maximum atomic E-state index is 6.63. The van der Waals surface area contributed by atoms with E-state index in [0.717, 1.165) is 66.6 Å². The highest BCUT2D eigenvalue weighted by atomic mass is 28.3. The fourth-order valence-corrected chi connectivity index (χ4v) is 6.52. The van der Waals surface area contributed by atoms with Gasteiger partial charge < -0.3 is 4.42 Å². The Bertz CT molecular complexity index is 1980. The zero-order valence-electron chi connectivity index (χ0n) is 21.4. The zero-order chi connectivity index (χ0) is 25.3. The Morgan fingerprint density at radius 1 is 0.730 bits per heavy atom. The number of imidazole rings is 1. The van der Waals surface area contributed by atoms with Crippen LogP contribution in [0.3, 0.4) is 0 Å². The molecule has 0 fully saturated rings. The summed E-state index contributed by atoms with van der Waals surface area (Å²) in [6, 6.07) is 31.9. The first kappa shape index (κ1) is 22.0. The normalized spacial score (nSPS) is 12.3. The van der Waals surface area contributed by atoms with Crippen LogP contribution in [0.25, 0.3) is 61.0 Å². The van der Waals surface area contributed by atoms with Gasteiger partial charge in [-0.25, -0.2) is 4.98 Å². The first-order valence-corrected chi connectivity index (χ1v) is 16.2. The Morgan fingerprint density at radius 2 is 1.49 bits per heavy atom. The molecule has 0 atom stereocenters. The van der Waals surface area contributed by atoms with Gasteiger partial charge in [-0.1, -0.05) is 85.5 Å². The topological polar surface area (TPSA) is 43.9 Å². The second-order valence-corrected chi connectivity index (χ2v) is 15.8. The van der Waals surface area contributed by atoms with Crippen molar-refractivity contribution in [2.24, 2.45) is 0 Å². The van der Waals surface area contributed by atoms with E-state index in [1.807, 2.05) is 19.1 Å². The number of benzene rings is 4. The first-order chi connectivity index (χ1) is 17.9. The summed E-state index contributed by atoms with van der Waals surface area (Å²) in [6.07, 6.45) is 0. The first-order valence-electron chi connectivity index (χ1n) is 12.7. The van der Waals surface area contributed by atoms with Crippen LogP contribution in [0.4, 0.5) is 0 Å². The van der Waals surface area contributed by atoms with Crippen molar-refractivity contribution in [1.82, 2.24) is 14.5 Å². The Hall–Kier alpha value is -4.22. The number of hydrogen-bond acceptors (Lipinski definition) is 3. The van der Waals surface area contributed by atoms with Gasteiger partial charge >= 0.3 is 0 Å². The highest BCUT2D eigenvalue weighted by Gasteiger charge is 2.23. The molecule has 0 saturated carbocycles. The van der Waals surface area contributed by atoms with Gasteiger partial charge in [-0.15, -0.1) is 0 Å². The van der Waals surface area contributed by atoms with E-state index in [0.29, 0.717) is 0 Å². The minimum absolute atomic E-state index is 0.859. The third-order valence-corrected chi connectivity index (χ3v) is 9.33. The second kappa shape index (κ2) is 7.89. The number of aromatic nitrogens is 3. The Labute approximate surface area is 216 Å². The molecule has 0 bridgehead atoms. The van der Waals surface area contributed by atoms with E-state index >= 15 is 0 Å². The molecule has 0 aliphatic rings. The van der Waals surface area contributed by atoms with E-state index < -0.39 is 8.07 Å². The van der Waals surface area contributed by atoms with Crippen molar-refractivity contribution in [2.45, 2.75) is 26.6 Å². The number of pyridine rings is 1. The van der Waals surface area contributed by atoms with Crippen LogP contribution in [-0.2, 0) is 0 Å². The molecule has 3 aromatic heterocycles. The molecule has 4 nitrogen and oxygen atoms in total. The van der Waals surface area contributed by atoms with Crippen molar-refractivity contribution in [2.75, 3.05) is 0 Å². The molecule has 5 heteroatoms. The third kappa shape index (κ3) is 3.35. The van der Waals surface area contributed by atoms with Crippen LogP contribution in [0.5, 0.6) is 0 Å². The molecule has 0 aliphatic heterocycles. The molecule has 0 spiro atoms. The SMILES string of the molecule is Cc1nc2ccccc2c2c1nc(-c1cccc3c1oc1cc([Si](C)(C)C)ccc13)n2-c1ccccc1. The lowest BCUT2D eigenvalue weighted by molar-refractivity contribution is 0.669.